The Morgan fingerprint density at radius 3 is 2.48 bits per heavy atom. The van der Waals surface area contributed by atoms with Gasteiger partial charge in [0.1, 0.15) is 11.6 Å². The summed E-state index contributed by atoms with van der Waals surface area (Å²) in [5.41, 5.74) is 0.832. The molecule has 3 rings (SSSR count). The third-order valence-electron chi connectivity index (χ3n) is 4.36. The number of piperidine rings is 1. The van der Waals surface area contributed by atoms with E-state index in [2.05, 4.69) is 22.6 Å². The fourth-order valence-corrected chi connectivity index (χ4v) is 2.98. The second kappa shape index (κ2) is 7.61. The summed E-state index contributed by atoms with van der Waals surface area (Å²) >= 11 is 0. The summed E-state index contributed by atoms with van der Waals surface area (Å²) in [6.45, 7) is 1.98. The number of hydrogen-bond acceptors (Lipinski definition) is 3. The van der Waals surface area contributed by atoms with E-state index in [-0.39, 0.29) is 11.6 Å². The van der Waals surface area contributed by atoms with Gasteiger partial charge in [-0.05, 0) is 63.3 Å². The van der Waals surface area contributed by atoms with Gasteiger partial charge in [0.2, 0.25) is 0 Å². The molecule has 0 aromatic heterocycles. The molecule has 0 radical (unpaired) electrons. The van der Waals surface area contributed by atoms with E-state index < -0.39 is 17.5 Å². The van der Waals surface area contributed by atoms with Crippen LogP contribution in [0.3, 0.4) is 0 Å². The van der Waals surface area contributed by atoms with Gasteiger partial charge in [-0.1, -0.05) is 12.1 Å². The molecular formula is C19H21F2N3O. The van der Waals surface area contributed by atoms with E-state index in [0.29, 0.717) is 11.4 Å². The molecule has 0 atom stereocenters. The Morgan fingerprint density at radius 2 is 1.76 bits per heavy atom. The highest BCUT2D eigenvalue weighted by molar-refractivity contribution is 6.04. The van der Waals surface area contributed by atoms with Gasteiger partial charge in [-0.25, -0.2) is 8.78 Å². The van der Waals surface area contributed by atoms with Crippen molar-refractivity contribution >= 4 is 17.3 Å². The van der Waals surface area contributed by atoms with Crippen LogP contribution in [-0.4, -0.2) is 37.0 Å². The first-order valence-electron chi connectivity index (χ1n) is 8.33. The number of halogens is 2. The van der Waals surface area contributed by atoms with Crippen LogP contribution in [-0.2, 0) is 0 Å². The summed E-state index contributed by atoms with van der Waals surface area (Å²) < 4.78 is 27.6. The second-order valence-corrected chi connectivity index (χ2v) is 6.38. The van der Waals surface area contributed by atoms with Crippen molar-refractivity contribution in [1.29, 1.82) is 0 Å². The fourth-order valence-electron chi connectivity index (χ4n) is 2.98. The van der Waals surface area contributed by atoms with Crippen LogP contribution >= 0.6 is 0 Å². The molecule has 1 amide bonds. The predicted molar refractivity (Wildman–Crippen MR) is 94.9 cm³/mol. The maximum absolute atomic E-state index is 13.9. The lowest BCUT2D eigenvalue weighted by Gasteiger charge is -2.30. The van der Waals surface area contributed by atoms with Crippen molar-refractivity contribution in [2.45, 2.75) is 18.9 Å². The lowest BCUT2D eigenvalue weighted by atomic mass is 10.1. The molecule has 0 unspecified atom stereocenters. The second-order valence-electron chi connectivity index (χ2n) is 6.38. The van der Waals surface area contributed by atoms with Crippen molar-refractivity contribution in [3.8, 4) is 0 Å². The van der Waals surface area contributed by atoms with Gasteiger partial charge in [0.15, 0.2) is 0 Å². The highest BCUT2D eigenvalue weighted by Gasteiger charge is 2.17. The van der Waals surface area contributed by atoms with Crippen molar-refractivity contribution in [3.63, 3.8) is 0 Å². The van der Waals surface area contributed by atoms with Gasteiger partial charge in [-0.3, -0.25) is 4.79 Å². The van der Waals surface area contributed by atoms with Crippen LogP contribution in [0.1, 0.15) is 23.2 Å². The van der Waals surface area contributed by atoms with Crippen LogP contribution < -0.4 is 10.6 Å². The van der Waals surface area contributed by atoms with Gasteiger partial charge >= 0.3 is 0 Å². The van der Waals surface area contributed by atoms with Crippen LogP contribution in [0.4, 0.5) is 20.2 Å². The maximum Gasteiger partial charge on any atom is 0.258 e. The van der Waals surface area contributed by atoms with Crippen LogP contribution in [0.5, 0.6) is 0 Å². The summed E-state index contributed by atoms with van der Waals surface area (Å²) in [5, 5.41) is 5.87. The standard InChI is InChI=1S/C19H21F2N3O/c1-24-8-6-14(7-9-24)22-15-10-13(20)11-16(12-15)23-19(25)17-4-2-3-5-18(17)21/h2-5,10-12,14,22H,6-9H2,1H3,(H,23,25). The molecule has 1 aliphatic heterocycles. The Balaban J connectivity index is 1.71. The number of hydrogen-bond donors (Lipinski definition) is 2. The smallest absolute Gasteiger partial charge is 0.258 e. The molecule has 132 valence electrons. The number of rotatable bonds is 4. The third kappa shape index (κ3) is 4.54. The van der Waals surface area contributed by atoms with Gasteiger partial charge < -0.3 is 15.5 Å². The number of anilines is 2. The number of carbonyl (C=O) groups is 1. The topological polar surface area (TPSA) is 44.4 Å². The molecule has 2 N–H and O–H groups in total. The zero-order chi connectivity index (χ0) is 17.8. The molecule has 1 aliphatic rings. The Bertz CT molecular complexity index is 758. The summed E-state index contributed by atoms with van der Waals surface area (Å²) in [4.78, 5) is 14.4. The third-order valence-corrected chi connectivity index (χ3v) is 4.36. The molecule has 1 fully saturated rings. The Kier molecular flexibility index (Phi) is 5.28. The van der Waals surface area contributed by atoms with Gasteiger partial charge in [-0.15, -0.1) is 0 Å². The fraction of sp³-hybridized carbons (Fsp3) is 0.316. The van der Waals surface area contributed by atoms with Gasteiger partial charge in [0, 0.05) is 17.4 Å². The van der Waals surface area contributed by atoms with Crippen molar-refractivity contribution in [1.82, 2.24) is 4.90 Å². The van der Waals surface area contributed by atoms with Crippen LogP contribution in [0.15, 0.2) is 42.5 Å². The predicted octanol–water partition coefficient (Wildman–Crippen LogP) is 3.72. The first-order valence-corrected chi connectivity index (χ1v) is 8.33. The number of amides is 1. The minimum atomic E-state index is -0.610. The zero-order valence-corrected chi connectivity index (χ0v) is 14.1. The molecule has 0 aliphatic carbocycles. The van der Waals surface area contributed by atoms with Crippen LogP contribution in [0.2, 0.25) is 0 Å². The molecule has 1 heterocycles. The molecule has 0 bridgehead atoms. The van der Waals surface area contributed by atoms with Crippen molar-refractivity contribution in [3.05, 3.63) is 59.7 Å². The first kappa shape index (κ1) is 17.4. The molecular weight excluding hydrogens is 324 g/mol. The summed E-state index contributed by atoms with van der Waals surface area (Å²) in [7, 11) is 2.08. The average Bonchev–Trinajstić information content (AvgIpc) is 2.57. The molecule has 4 nitrogen and oxygen atoms in total. The Morgan fingerprint density at radius 1 is 1.08 bits per heavy atom. The van der Waals surface area contributed by atoms with E-state index >= 15 is 0 Å². The molecule has 2 aromatic rings. The van der Waals surface area contributed by atoms with Crippen molar-refractivity contribution < 1.29 is 13.6 Å². The summed E-state index contributed by atoms with van der Waals surface area (Å²) in [5.74, 6) is -1.67. The van der Waals surface area contributed by atoms with E-state index in [1.807, 2.05) is 0 Å². The maximum atomic E-state index is 13.9. The first-order chi connectivity index (χ1) is 12.0. The molecule has 2 aromatic carbocycles. The van der Waals surface area contributed by atoms with E-state index in [1.54, 1.807) is 12.1 Å². The number of nitrogens with one attached hydrogen (secondary N) is 2. The number of carbonyl (C=O) groups excluding carboxylic acids is 1. The lowest BCUT2D eigenvalue weighted by molar-refractivity contribution is 0.102. The largest absolute Gasteiger partial charge is 0.382 e. The number of likely N-dealkylation sites (tertiary alicyclic amines) is 1. The highest BCUT2D eigenvalue weighted by Crippen LogP contribution is 2.22. The minimum Gasteiger partial charge on any atom is -0.382 e. The van der Waals surface area contributed by atoms with Crippen molar-refractivity contribution in [2.24, 2.45) is 0 Å². The molecule has 0 spiro atoms. The number of benzene rings is 2. The van der Waals surface area contributed by atoms with Crippen LogP contribution in [0.25, 0.3) is 0 Å². The number of nitrogens with zero attached hydrogens (tertiary/aromatic N) is 1. The quantitative estimate of drug-likeness (QED) is 0.888. The molecule has 25 heavy (non-hydrogen) atoms. The monoisotopic (exact) mass is 345 g/mol. The average molecular weight is 345 g/mol. The van der Waals surface area contributed by atoms with E-state index in [1.165, 1.54) is 30.3 Å². The SMILES string of the molecule is CN1CCC(Nc2cc(F)cc(NC(=O)c3ccccc3F)c2)CC1. The van der Waals surface area contributed by atoms with E-state index in [0.717, 1.165) is 25.9 Å². The Labute approximate surface area is 145 Å². The summed E-state index contributed by atoms with van der Waals surface area (Å²) in [6, 6.07) is 10.3. The van der Waals surface area contributed by atoms with E-state index in [9.17, 15) is 13.6 Å². The Hall–Kier alpha value is -2.47. The zero-order valence-electron chi connectivity index (χ0n) is 14.1. The normalized spacial score (nSPS) is 15.8. The molecule has 0 saturated carbocycles. The van der Waals surface area contributed by atoms with Crippen LogP contribution in [0, 0.1) is 11.6 Å². The molecule has 1 saturated heterocycles. The lowest BCUT2D eigenvalue weighted by Crippen LogP contribution is -2.36. The van der Waals surface area contributed by atoms with Gasteiger partial charge in [0.05, 0.1) is 5.56 Å². The minimum absolute atomic E-state index is 0.0726. The van der Waals surface area contributed by atoms with Gasteiger partial charge in [0.25, 0.3) is 5.91 Å². The highest BCUT2D eigenvalue weighted by atomic mass is 19.1. The van der Waals surface area contributed by atoms with E-state index in [4.69, 9.17) is 0 Å². The summed E-state index contributed by atoms with van der Waals surface area (Å²) in [6.07, 6.45) is 1.95. The molecule has 6 heteroatoms. The van der Waals surface area contributed by atoms with Gasteiger partial charge in [-0.2, -0.15) is 0 Å². The van der Waals surface area contributed by atoms with Crippen molar-refractivity contribution in [2.75, 3.05) is 30.8 Å².